The van der Waals surface area contributed by atoms with Crippen molar-refractivity contribution in [1.29, 1.82) is 0 Å². The largest absolute Gasteiger partial charge is 0.325 e. The van der Waals surface area contributed by atoms with E-state index >= 15 is 0 Å². The average Bonchev–Trinajstić information content (AvgIpc) is 2.40. The van der Waals surface area contributed by atoms with Crippen molar-refractivity contribution >= 4 is 21.4 Å². The van der Waals surface area contributed by atoms with Crippen molar-refractivity contribution in [1.82, 2.24) is 9.97 Å². The summed E-state index contributed by atoms with van der Waals surface area (Å²) in [6, 6.07) is 3.62. The van der Waals surface area contributed by atoms with Gasteiger partial charge in [0.1, 0.15) is 0 Å². The lowest BCUT2D eigenvalue weighted by atomic mass is 10.2. The summed E-state index contributed by atoms with van der Waals surface area (Å²) >= 11 is 0. The fourth-order valence-electron chi connectivity index (χ4n) is 1.63. The third-order valence-corrected chi connectivity index (χ3v) is 4.12. The van der Waals surface area contributed by atoms with Gasteiger partial charge >= 0.3 is 5.69 Å². The first-order valence-corrected chi connectivity index (χ1v) is 7.29. The monoisotopic (exact) mass is 326 g/mol. The highest BCUT2D eigenvalue weighted by molar-refractivity contribution is 7.92. The number of nitro groups is 1. The summed E-state index contributed by atoms with van der Waals surface area (Å²) in [5.74, 6) is 0. The summed E-state index contributed by atoms with van der Waals surface area (Å²) in [4.78, 5) is 35.6. The first kappa shape index (κ1) is 15.4. The van der Waals surface area contributed by atoms with E-state index in [4.69, 9.17) is 0 Å². The topological polar surface area (TPSA) is 155 Å². The minimum absolute atomic E-state index is 0.0419. The number of non-ortho nitro benzene ring substituents is 1. The van der Waals surface area contributed by atoms with E-state index in [1.807, 2.05) is 4.98 Å². The van der Waals surface area contributed by atoms with E-state index in [2.05, 4.69) is 4.72 Å². The van der Waals surface area contributed by atoms with E-state index in [0.717, 1.165) is 12.3 Å². The van der Waals surface area contributed by atoms with Gasteiger partial charge in [0.2, 0.25) is 0 Å². The molecule has 10 nitrogen and oxygen atoms in total. The molecule has 2 rings (SSSR count). The van der Waals surface area contributed by atoms with Crippen molar-refractivity contribution in [2.24, 2.45) is 0 Å². The van der Waals surface area contributed by atoms with Gasteiger partial charge in [-0.15, -0.1) is 0 Å². The molecule has 0 saturated carbocycles. The van der Waals surface area contributed by atoms with E-state index in [9.17, 15) is 28.1 Å². The zero-order chi connectivity index (χ0) is 16.5. The van der Waals surface area contributed by atoms with Crippen molar-refractivity contribution in [3.8, 4) is 0 Å². The molecule has 0 unspecified atom stereocenters. The van der Waals surface area contributed by atoms with Crippen LogP contribution in [0.15, 0.2) is 38.9 Å². The number of aromatic amines is 2. The van der Waals surface area contributed by atoms with E-state index in [-0.39, 0.29) is 11.4 Å². The Hall–Kier alpha value is -2.95. The molecule has 2 aromatic rings. The highest BCUT2D eigenvalue weighted by atomic mass is 32.2. The van der Waals surface area contributed by atoms with Crippen molar-refractivity contribution in [2.75, 3.05) is 4.72 Å². The van der Waals surface area contributed by atoms with Crippen LogP contribution in [-0.2, 0) is 10.0 Å². The third-order valence-electron chi connectivity index (χ3n) is 2.75. The van der Waals surface area contributed by atoms with Gasteiger partial charge in [0.25, 0.3) is 21.3 Å². The van der Waals surface area contributed by atoms with Crippen molar-refractivity contribution < 1.29 is 13.3 Å². The second kappa shape index (κ2) is 5.44. The smallest absolute Gasteiger partial charge is 0.313 e. The Morgan fingerprint density at radius 1 is 1.27 bits per heavy atom. The second-order valence-corrected chi connectivity index (χ2v) is 5.95. The molecule has 0 amide bonds. The van der Waals surface area contributed by atoms with Gasteiger partial charge in [0.05, 0.1) is 10.6 Å². The number of hydrogen-bond donors (Lipinski definition) is 3. The Balaban J connectivity index is 2.49. The summed E-state index contributed by atoms with van der Waals surface area (Å²) < 4.78 is 26.4. The first-order chi connectivity index (χ1) is 10.2. The van der Waals surface area contributed by atoms with E-state index in [1.165, 1.54) is 12.1 Å². The standard InChI is InChI=1S/C11H10N4O6S/c1-6-2-3-7(15(18)19)4-8(6)14-22(20,21)9-5-12-11(17)13-10(9)16/h2-5,14H,1H3,(H2,12,13,16,17). The van der Waals surface area contributed by atoms with Crippen LogP contribution < -0.4 is 16.0 Å². The van der Waals surface area contributed by atoms with Crippen molar-refractivity contribution in [3.05, 3.63) is 60.9 Å². The summed E-state index contributed by atoms with van der Waals surface area (Å²) in [6.45, 7) is 1.54. The predicted octanol–water partition coefficient (Wildman–Crippen LogP) is 0.0806. The number of nitrogens with one attached hydrogen (secondary N) is 3. The summed E-state index contributed by atoms with van der Waals surface area (Å²) in [7, 11) is -4.31. The van der Waals surface area contributed by atoms with E-state index in [1.54, 1.807) is 11.9 Å². The molecule has 22 heavy (non-hydrogen) atoms. The summed E-state index contributed by atoms with van der Waals surface area (Å²) in [5.41, 5.74) is -1.87. The maximum absolute atomic E-state index is 12.1. The van der Waals surface area contributed by atoms with E-state index in [0.29, 0.717) is 5.56 Å². The molecular weight excluding hydrogens is 316 g/mol. The molecule has 0 saturated heterocycles. The van der Waals surface area contributed by atoms with Gasteiger partial charge in [0, 0.05) is 18.3 Å². The molecule has 0 spiro atoms. The number of benzene rings is 1. The average molecular weight is 326 g/mol. The van der Waals surface area contributed by atoms with Gasteiger partial charge in [-0.1, -0.05) is 6.07 Å². The molecule has 1 heterocycles. The number of nitro benzene ring substituents is 1. The molecular formula is C11H10N4O6S. The fraction of sp³-hybridized carbons (Fsp3) is 0.0909. The Bertz CT molecular complexity index is 959. The SMILES string of the molecule is Cc1ccc([N+](=O)[O-])cc1NS(=O)(=O)c1c[nH]c(=O)[nH]c1=O. The molecule has 116 valence electrons. The zero-order valence-corrected chi connectivity index (χ0v) is 11.9. The Kier molecular flexibility index (Phi) is 3.82. The number of rotatable bonds is 4. The minimum atomic E-state index is -4.31. The number of hydrogen-bond acceptors (Lipinski definition) is 6. The molecule has 0 aliphatic carbocycles. The molecule has 3 N–H and O–H groups in total. The predicted molar refractivity (Wildman–Crippen MR) is 76.3 cm³/mol. The van der Waals surface area contributed by atoms with Crippen molar-refractivity contribution in [2.45, 2.75) is 11.8 Å². The third kappa shape index (κ3) is 3.03. The quantitative estimate of drug-likeness (QED) is 0.533. The first-order valence-electron chi connectivity index (χ1n) is 5.80. The maximum Gasteiger partial charge on any atom is 0.325 e. The molecule has 11 heteroatoms. The molecule has 0 atom stereocenters. The Labute approximate surface area is 123 Å². The zero-order valence-electron chi connectivity index (χ0n) is 11.1. The lowest BCUT2D eigenvalue weighted by Gasteiger charge is -2.09. The van der Waals surface area contributed by atoms with Gasteiger partial charge in [-0.05, 0) is 12.5 Å². The lowest BCUT2D eigenvalue weighted by Crippen LogP contribution is -2.29. The summed E-state index contributed by atoms with van der Waals surface area (Å²) in [5, 5.41) is 10.7. The molecule has 1 aromatic carbocycles. The van der Waals surface area contributed by atoms with Gasteiger partial charge < -0.3 is 4.98 Å². The molecule has 1 aromatic heterocycles. The normalized spacial score (nSPS) is 11.1. The Morgan fingerprint density at radius 2 is 1.95 bits per heavy atom. The van der Waals surface area contributed by atoms with Crippen LogP contribution in [0.1, 0.15) is 5.56 Å². The number of sulfonamides is 1. The second-order valence-electron chi connectivity index (χ2n) is 4.30. The number of H-pyrrole nitrogens is 2. The van der Waals surface area contributed by atoms with Gasteiger partial charge in [-0.3, -0.25) is 24.6 Å². The number of anilines is 1. The Morgan fingerprint density at radius 3 is 2.55 bits per heavy atom. The van der Waals surface area contributed by atoms with Crippen LogP contribution >= 0.6 is 0 Å². The molecule has 0 aliphatic heterocycles. The van der Waals surface area contributed by atoms with E-state index < -0.39 is 31.1 Å². The highest BCUT2D eigenvalue weighted by Gasteiger charge is 2.21. The fourth-order valence-corrected chi connectivity index (χ4v) is 2.76. The van der Waals surface area contributed by atoms with Crippen LogP contribution in [0.5, 0.6) is 0 Å². The van der Waals surface area contributed by atoms with Gasteiger partial charge in [-0.2, -0.15) is 0 Å². The van der Waals surface area contributed by atoms with Crippen LogP contribution in [0.3, 0.4) is 0 Å². The number of nitrogens with zero attached hydrogens (tertiary/aromatic N) is 1. The summed E-state index contributed by atoms with van der Waals surface area (Å²) in [6.07, 6.45) is 0.746. The molecule has 0 aliphatic rings. The molecule has 0 radical (unpaired) electrons. The number of aromatic nitrogens is 2. The maximum atomic E-state index is 12.1. The van der Waals surface area contributed by atoms with Crippen LogP contribution in [0.2, 0.25) is 0 Å². The molecule has 0 bridgehead atoms. The van der Waals surface area contributed by atoms with Crippen molar-refractivity contribution in [3.63, 3.8) is 0 Å². The van der Waals surface area contributed by atoms with Gasteiger partial charge in [-0.25, -0.2) is 13.2 Å². The van der Waals surface area contributed by atoms with Crippen LogP contribution in [-0.4, -0.2) is 23.3 Å². The van der Waals surface area contributed by atoms with Gasteiger partial charge in [0.15, 0.2) is 4.90 Å². The minimum Gasteiger partial charge on any atom is -0.313 e. The highest BCUT2D eigenvalue weighted by Crippen LogP contribution is 2.23. The van der Waals surface area contributed by atoms with Crippen LogP contribution in [0, 0.1) is 17.0 Å². The van der Waals surface area contributed by atoms with Crippen LogP contribution in [0.4, 0.5) is 11.4 Å². The lowest BCUT2D eigenvalue weighted by molar-refractivity contribution is -0.384. The molecule has 0 fully saturated rings. The number of aryl methyl sites for hydroxylation is 1. The van der Waals surface area contributed by atoms with Crippen LogP contribution in [0.25, 0.3) is 0 Å².